The van der Waals surface area contributed by atoms with Gasteiger partial charge in [-0.05, 0) is 30.5 Å². The average Bonchev–Trinajstić information content (AvgIpc) is 2.16. The molecule has 3 nitrogen and oxygen atoms in total. The maximum absolute atomic E-state index is 13.1. The first kappa shape index (κ1) is 13.1. The SMILES string of the molecule is CC(F)c1ccc(CC(N)C(=O)O)cc1Br. The number of nitrogens with two attached hydrogens (primary N) is 1. The minimum absolute atomic E-state index is 0.231. The van der Waals surface area contributed by atoms with E-state index in [0.717, 1.165) is 5.56 Å². The molecule has 5 heteroatoms. The van der Waals surface area contributed by atoms with Gasteiger partial charge >= 0.3 is 5.97 Å². The molecule has 0 aliphatic carbocycles. The van der Waals surface area contributed by atoms with Crippen LogP contribution in [0, 0.1) is 0 Å². The van der Waals surface area contributed by atoms with E-state index in [-0.39, 0.29) is 6.42 Å². The molecule has 0 bridgehead atoms. The van der Waals surface area contributed by atoms with Crippen LogP contribution in [-0.2, 0) is 11.2 Å². The average molecular weight is 290 g/mol. The summed E-state index contributed by atoms with van der Waals surface area (Å²) in [6, 6.07) is 4.10. The van der Waals surface area contributed by atoms with E-state index in [0.29, 0.717) is 10.0 Å². The van der Waals surface area contributed by atoms with Gasteiger partial charge in [-0.25, -0.2) is 4.39 Å². The quantitative estimate of drug-likeness (QED) is 0.895. The van der Waals surface area contributed by atoms with E-state index in [9.17, 15) is 9.18 Å². The molecule has 0 aliphatic heterocycles. The fourth-order valence-electron chi connectivity index (χ4n) is 1.36. The Kier molecular flexibility index (Phi) is 4.44. The third kappa shape index (κ3) is 3.28. The molecule has 1 aromatic rings. The van der Waals surface area contributed by atoms with Crippen LogP contribution >= 0.6 is 15.9 Å². The molecule has 0 amide bonds. The van der Waals surface area contributed by atoms with Gasteiger partial charge in [-0.2, -0.15) is 0 Å². The fourth-order valence-corrected chi connectivity index (χ4v) is 2.10. The van der Waals surface area contributed by atoms with Gasteiger partial charge in [-0.1, -0.05) is 28.1 Å². The molecule has 2 unspecified atom stereocenters. The van der Waals surface area contributed by atoms with Crippen molar-refractivity contribution in [2.45, 2.75) is 25.6 Å². The topological polar surface area (TPSA) is 63.3 Å². The third-order valence-corrected chi connectivity index (χ3v) is 2.95. The van der Waals surface area contributed by atoms with Crippen molar-refractivity contribution in [1.82, 2.24) is 0 Å². The summed E-state index contributed by atoms with van der Waals surface area (Å²) in [5.41, 5.74) is 6.73. The molecule has 3 N–H and O–H groups in total. The highest BCUT2D eigenvalue weighted by Gasteiger charge is 2.14. The van der Waals surface area contributed by atoms with Gasteiger partial charge in [-0.15, -0.1) is 0 Å². The lowest BCUT2D eigenvalue weighted by Gasteiger charge is -2.10. The maximum atomic E-state index is 13.1. The summed E-state index contributed by atoms with van der Waals surface area (Å²) >= 11 is 3.25. The van der Waals surface area contributed by atoms with Gasteiger partial charge in [0.2, 0.25) is 0 Å². The van der Waals surface area contributed by atoms with Crippen molar-refractivity contribution in [2.24, 2.45) is 5.73 Å². The van der Waals surface area contributed by atoms with E-state index < -0.39 is 18.2 Å². The number of alkyl halides is 1. The Bertz CT molecular complexity index is 396. The molecule has 0 spiro atoms. The van der Waals surface area contributed by atoms with Crippen LogP contribution in [0.4, 0.5) is 4.39 Å². The highest BCUT2D eigenvalue weighted by atomic mass is 79.9. The van der Waals surface area contributed by atoms with Gasteiger partial charge in [0.05, 0.1) is 0 Å². The Morgan fingerprint density at radius 3 is 2.69 bits per heavy atom. The zero-order valence-electron chi connectivity index (χ0n) is 8.78. The van der Waals surface area contributed by atoms with Gasteiger partial charge in [-0.3, -0.25) is 4.79 Å². The zero-order chi connectivity index (χ0) is 12.3. The maximum Gasteiger partial charge on any atom is 0.320 e. The summed E-state index contributed by atoms with van der Waals surface area (Å²) in [7, 11) is 0. The predicted molar refractivity (Wildman–Crippen MR) is 63.0 cm³/mol. The van der Waals surface area contributed by atoms with Crippen molar-refractivity contribution in [3.05, 3.63) is 33.8 Å². The van der Waals surface area contributed by atoms with Crippen LogP contribution in [0.1, 0.15) is 24.2 Å². The van der Waals surface area contributed by atoms with Crippen LogP contribution in [-0.4, -0.2) is 17.1 Å². The molecule has 1 rings (SSSR count). The zero-order valence-corrected chi connectivity index (χ0v) is 10.4. The predicted octanol–water partition coefficient (Wildman–Crippen LogP) is 2.43. The summed E-state index contributed by atoms with van der Waals surface area (Å²) in [5, 5.41) is 8.66. The smallest absolute Gasteiger partial charge is 0.320 e. The van der Waals surface area contributed by atoms with Crippen molar-refractivity contribution in [1.29, 1.82) is 0 Å². The summed E-state index contributed by atoms with van der Waals surface area (Å²) in [6.07, 6.45) is -0.828. The Morgan fingerprint density at radius 1 is 1.62 bits per heavy atom. The second-order valence-electron chi connectivity index (χ2n) is 3.62. The summed E-state index contributed by atoms with van der Waals surface area (Å²) in [5.74, 6) is -1.04. The normalized spacial score (nSPS) is 14.5. The minimum atomic E-state index is -1.06. The first-order valence-electron chi connectivity index (χ1n) is 4.82. The Hall–Kier alpha value is -0.940. The monoisotopic (exact) mass is 289 g/mol. The number of hydrogen-bond donors (Lipinski definition) is 2. The minimum Gasteiger partial charge on any atom is -0.480 e. The van der Waals surface area contributed by atoms with Crippen LogP contribution in [0.5, 0.6) is 0 Å². The lowest BCUT2D eigenvalue weighted by molar-refractivity contribution is -0.138. The lowest BCUT2D eigenvalue weighted by atomic mass is 10.0. The molecule has 0 saturated heterocycles. The number of carboxylic acid groups (broad SMARTS) is 1. The lowest BCUT2D eigenvalue weighted by Crippen LogP contribution is -2.32. The number of halogens is 2. The molecular weight excluding hydrogens is 277 g/mol. The number of hydrogen-bond acceptors (Lipinski definition) is 2. The van der Waals surface area contributed by atoms with E-state index >= 15 is 0 Å². The second-order valence-corrected chi connectivity index (χ2v) is 4.48. The molecule has 0 fully saturated rings. The Balaban J connectivity index is 2.85. The van der Waals surface area contributed by atoms with Crippen LogP contribution in [0.25, 0.3) is 0 Å². The van der Waals surface area contributed by atoms with Crippen molar-refractivity contribution >= 4 is 21.9 Å². The van der Waals surface area contributed by atoms with Crippen molar-refractivity contribution < 1.29 is 14.3 Å². The van der Waals surface area contributed by atoms with E-state index in [4.69, 9.17) is 10.8 Å². The number of benzene rings is 1. The highest BCUT2D eigenvalue weighted by molar-refractivity contribution is 9.10. The molecule has 2 atom stereocenters. The molecule has 0 aromatic heterocycles. The molecule has 0 saturated carbocycles. The van der Waals surface area contributed by atoms with E-state index in [2.05, 4.69) is 15.9 Å². The van der Waals surface area contributed by atoms with E-state index in [1.807, 2.05) is 0 Å². The molecule has 88 valence electrons. The Labute approximate surface area is 102 Å². The summed E-state index contributed by atoms with van der Waals surface area (Å²) in [6.45, 7) is 1.45. The van der Waals surface area contributed by atoms with Crippen LogP contribution in [0.15, 0.2) is 22.7 Å². The van der Waals surface area contributed by atoms with Gasteiger partial charge in [0.25, 0.3) is 0 Å². The molecular formula is C11H13BrFNO2. The van der Waals surface area contributed by atoms with E-state index in [1.165, 1.54) is 6.92 Å². The van der Waals surface area contributed by atoms with Gasteiger partial charge in [0.1, 0.15) is 12.2 Å². The van der Waals surface area contributed by atoms with Crippen molar-refractivity contribution in [3.8, 4) is 0 Å². The first-order chi connectivity index (χ1) is 7.41. The number of aliphatic carboxylic acids is 1. The number of carbonyl (C=O) groups is 1. The fraction of sp³-hybridized carbons (Fsp3) is 0.364. The van der Waals surface area contributed by atoms with Gasteiger partial charge < -0.3 is 10.8 Å². The standard InChI is InChI=1S/C11H13BrFNO2/c1-6(13)8-3-2-7(4-9(8)12)5-10(14)11(15)16/h2-4,6,10H,5,14H2,1H3,(H,15,16). The van der Waals surface area contributed by atoms with E-state index in [1.54, 1.807) is 18.2 Å². The second kappa shape index (κ2) is 5.41. The third-order valence-electron chi connectivity index (χ3n) is 2.27. The van der Waals surface area contributed by atoms with Crippen molar-refractivity contribution in [2.75, 3.05) is 0 Å². The van der Waals surface area contributed by atoms with Crippen molar-refractivity contribution in [3.63, 3.8) is 0 Å². The molecule has 0 radical (unpaired) electrons. The summed E-state index contributed by atoms with van der Waals surface area (Å²) < 4.78 is 13.7. The molecule has 1 aromatic carbocycles. The van der Waals surface area contributed by atoms with Crippen LogP contribution < -0.4 is 5.73 Å². The van der Waals surface area contributed by atoms with Crippen LogP contribution in [0.3, 0.4) is 0 Å². The first-order valence-corrected chi connectivity index (χ1v) is 5.62. The molecule has 16 heavy (non-hydrogen) atoms. The van der Waals surface area contributed by atoms with Gasteiger partial charge in [0, 0.05) is 4.47 Å². The summed E-state index contributed by atoms with van der Waals surface area (Å²) in [4.78, 5) is 10.6. The Morgan fingerprint density at radius 2 is 2.25 bits per heavy atom. The highest BCUT2D eigenvalue weighted by Crippen LogP contribution is 2.27. The van der Waals surface area contributed by atoms with Crippen LogP contribution in [0.2, 0.25) is 0 Å². The molecule has 0 aliphatic rings. The van der Waals surface area contributed by atoms with Gasteiger partial charge in [0.15, 0.2) is 0 Å². The number of rotatable bonds is 4. The largest absolute Gasteiger partial charge is 0.480 e. The number of carboxylic acids is 1. The molecule has 0 heterocycles.